The molecule has 0 N–H and O–H groups in total. The van der Waals surface area contributed by atoms with E-state index in [1.807, 2.05) is 0 Å². The van der Waals surface area contributed by atoms with Crippen molar-refractivity contribution in [1.82, 2.24) is 4.98 Å². The van der Waals surface area contributed by atoms with Gasteiger partial charge in [0.15, 0.2) is 0 Å². The Balaban J connectivity index is 2.15. The number of halogens is 1. The van der Waals surface area contributed by atoms with E-state index in [-0.39, 0.29) is 18.9 Å². The fourth-order valence-corrected chi connectivity index (χ4v) is 2.85. The molecule has 2 rings (SSSR count). The number of nitrogens with zero attached hydrogens (tertiary/aromatic N) is 2. The van der Waals surface area contributed by atoms with E-state index in [9.17, 15) is 17.1 Å². The summed E-state index contributed by atoms with van der Waals surface area (Å²) in [6.45, 7) is 0.141. The Labute approximate surface area is 110 Å². The molecule has 1 saturated heterocycles. The number of rotatable bonds is 4. The number of amides is 1. The predicted molar refractivity (Wildman–Crippen MR) is 66.1 cm³/mol. The molecule has 104 valence electrons. The molecule has 0 bridgehead atoms. The number of methoxy groups -OCH3 is 1. The van der Waals surface area contributed by atoms with Crippen molar-refractivity contribution in [2.75, 3.05) is 24.3 Å². The van der Waals surface area contributed by atoms with Gasteiger partial charge in [-0.1, -0.05) is 6.07 Å². The second-order valence-electron chi connectivity index (χ2n) is 4.32. The van der Waals surface area contributed by atoms with E-state index in [4.69, 9.17) is 4.74 Å². The summed E-state index contributed by atoms with van der Waals surface area (Å²) in [5.41, 5.74) is 0. The fourth-order valence-electron chi connectivity index (χ4n) is 2.06. The SMILES string of the molecule is COc1cccc(N2CC(CS(=O)(=O)F)CC2=O)n1. The Morgan fingerprint density at radius 3 is 2.89 bits per heavy atom. The van der Waals surface area contributed by atoms with Crippen LogP contribution in [0.25, 0.3) is 0 Å². The summed E-state index contributed by atoms with van der Waals surface area (Å²) in [4.78, 5) is 17.2. The van der Waals surface area contributed by atoms with Crippen LogP contribution < -0.4 is 9.64 Å². The van der Waals surface area contributed by atoms with Crippen molar-refractivity contribution in [3.05, 3.63) is 18.2 Å². The number of ether oxygens (including phenoxy) is 1. The van der Waals surface area contributed by atoms with E-state index in [1.54, 1.807) is 18.2 Å². The summed E-state index contributed by atoms with van der Waals surface area (Å²) in [6, 6.07) is 4.92. The predicted octanol–water partition coefficient (Wildman–Crippen LogP) is 0.742. The second kappa shape index (κ2) is 5.12. The zero-order valence-electron chi connectivity index (χ0n) is 10.2. The first-order chi connectivity index (χ1) is 8.89. The van der Waals surface area contributed by atoms with Crippen LogP contribution in [-0.4, -0.2) is 38.7 Å². The van der Waals surface area contributed by atoms with Gasteiger partial charge in [-0.15, -0.1) is 3.89 Å². The van der Waals surface area contributed by atoms with E-state index in [1.165, 1.54) is 12.0 Å². The molecule has 6 nitrogen and oxygen atoms in total. The number of hydrogen-bond acceptors (Lipinski definition) is 5. The van der Waals surface area contributed by atoms with Crippen molar-refractivity contribution >= 4 is 21.9 Å². The molecule has 0 aromatic carbocycles. The molecule has 19 heavy (non-hydrogen) atoms. The number of hydrogen-bond donors (Lipinski definition) is 0. The molecule has 1 amide bonds. The van der Waals surface area contributed by atoms with Gasteiger partial charge in [0.2, 0.25) is 11.8 Å². The van der Waals surface area contributed by atoms with E-state index in [2.05, 4.69) is 4.98 Å². The quantitative estimate of drug-likeness (QED) is 0.764. The normalized spacial score (nSPS) is 19.8. The standard InChI is InChI=1S/C11H13FN2O4S/c1-18-10-4-2-3-9(13-10)14-6-8(5-11(14)15)7-19(12,16)17/h2-4,8H,5-7H2,1H3. The molecular formula is C11H13FN2O4S. The average molecular weight is 288 g/mol. The monoisotopic (exact) mass is 288 g/mol. The van der Waals surface area contributed by atoms with Gasteiger partial charge in [-0.2, -0.15) is 13.4 Å². The van der Waals surface area contributed by atoms with E-state index < -0.39 is 21.9 Å². The Hall–Kier alpha value is -1.70. The largest absolute Gasteiger partial charge is 0.481 e. The molecule has 1 fully saturated rings. The minimum Gasteiger partial charge on any atom is -0.481 e. The summed E-state index contributed by atoms with van der Waals surface area (Å²) in [5, 5.41) is 0. The summed E-state index contributed by atoms with van der Waals surface area (Å²) in [7, 11) is -3.12. The Morgan fingerprint density at radius 1 is 1.53 bits per heavy atom. The third kappa shape index (κ3) is 3.40. The highest BCUT2D eigenvalue weighted by Crippen LogP contribution is 2.26. The lowest BCUT2D eigenvalue weighted by Crippen LogP contribution is -2.26. The van der Waals surface area contributed by atoms with Crippen molar-refractivity contribution in [3.8, 4) is 5.88 Å². The number of carbonyl (C=O) groups is 1. The maximum atomic E-state index is 12.6. The Kier molecular flexibility index (Phi) is 3.70. The van der Waals surface area contributed by atoms with E-state index in [0.29, 0.717) is 11.7 Å². The zero-order valence-corrected chi connectivity index (χ0v) is 11.1. The summed E-state index contributed by atoms with van der Waals surface area (Å²) < 4.78 is 38.8. The summed E-state index contributed by atoms with van der Waals surface area (Å²) in [6.07, 6.45) is 0.00202. The maximum Gasteiger partial charge on any atom is 0.302 e. The van der Waals surface area contributed by atoms with Crippen LogP contribution in [0.3, 0.4) is 0 Å². The molecule has 1 aliphatic heterocycles. The first-order valence-corrected chi connectivity index (χ1v) is 7.18. The molecular weight excluding hydrogens is 275 g/mol. The molecule has 1 aromatic rings. The van der Waals surface area contributed by atoms with E-state index in [0.717, 1.165) is 0 Å². The van der Waals surface area contributed by atoms with Crippen LogP contribution in [0.1, 0.15) is 6.42 Å². The maximum absolute atomic E-state index is 12.6. The van der Waals surface area contributed by atoms with Crippen molar-refractivity contribution in [2.45, 2.75) is 6.42 Å². The van der Waals surface area contributed by atoms with Gasteiger partial charge in [0.05, 0.1) is 12.9 Å². The summed E-state index contributed by atoms with van der Waals surface area (Å²) in [5.74, 6) is -0.723. The highest BCUT2D eigenvalue weighted by Gasteiger charge is 2.34. The number of carbonyl (C=O) groups excluding carboxylic acids is 1. The van der Waals surface area contributed by atoms with Crippen LogP contribution in [0.4, 0.5) is 9.70 Å². The smallest absolute Gasteiger partial charge is 0.302 e. The van der Waals surface area contributed by atoms with Crippen LogP contribution in [0.5, 0.6) is 5.88 Å². The molecule has 1 atom stereocenters. The van der Waals surface area contributed by atoms with Crippen molar-refractivity contribution < 1.29 is 21.8 Å². The topological polar surface area (TPSA) is 76.6 Å². The molecule has 0 radical (unpaired) electrons. The summed E-state index contributed by atoms with van der Waals surface area (Å²) >= 11 is 0. The van der Waals surface area contributed by atoms with Crippen LogP contribution >= 0.6 is 0 Å². The lowest BCUT2D eigenvalue weighted by Gasteiger charge is -2.15. The molecule has 0 spiro atoms. The van der Waals surface area contributed by atoms with Crippen molar-refractivity contribution in [3.63, 3.8) is 0 Å². The van der Waals surface area contributed by atoms with E-state index >= 15 is 0 Å². The third-order valence-electron chi connectivity index (χ3n) is 2.83. The molecule has 1 aliphatic rings. The Bertz CT molecular complexity index is 590. The lowest BCUT2D eigenvalue weighted by atomic mass is 10.1. The van der Waals surface area contributed by atoms with Crippen molar-refractivity contribution in [2.24, 2.45) is 5.92 Å². The van der Waals surface area contributed by atoms with Gasteiger partial charge in [0.1, 0.15) is 5.82 Å². The van der Waals surface area contributed by atoms with Crippen LogP contribution in [0, 0.1) is 5.92 Å². The van der Waals surface area contributed by atoms with Gasteiger partial charge in [-0.05, 0) is 6.07 Å². The van der Waals surface area contributed by atoms with Crippen LogP contribution in [-0.2, 0) is 15.0 Å². The highest BCUT2D eigenvalue weighted by atomic mass is 32.3. The van der Waals surface area contributed by atoms with Crippen LogP contribution in [0.15, 0.2) is 18.2 Å². The minimum atomic E-state index is -4.57. The fraction of sp³-hybridized carbons (Fsp3) is 0.455. The molecule has 0 saturated carbocycles. The molecule has 1 aromatic heterocycles. The van der Waals surface area contributed by atoms with Crippen molar-refractivity contribution in [1.29, 1.82) is 0 Å². The molecule has 2 heterocycles. The Morgan fingerprint density at radius 2 is 2.26 bits per heavy atom. The van der Waals surface area contributed by atoms with Gasteiger partial charge in [0, 0.05) is 24.9 Å². The van der Waals surface area contributed by atoms with Gasteiger partial charge in [-0.25, -0.2) is 0 Å². The van der Waals surface area contributed by atoms with Gasteiger partial charge in [0.25, 0.3) is 0 Å². The molecule has 0 aliphatic carbocycles. The third-order valence-corrected chi connectivity index (χ3v) is 3.70. The van der Waals surface area contributed by atoms with Gasteiger partial charge in [-0.3, -0.25) is 9.69 Å². The lowest BCUT2D eigenvalue weighted by molar-refractivity contribution is -0.117. The minimum absolute atomic E-state index is 0.00202. The molecule has 1 unspecified atom stereocenters. The molecule has 8 heteroatoms. The van der Waals surface area contributed by atoms with Gasteiger partial charge >= 0.3 is 10.2 Å². The first kappa shape index (κ1) is 13.7. The van der Waals surface area contributed by atoms with Crippen LogP contribution in [0.2, 0.25) is 0 Å². The second-order valence-corrected chi connectivity index (χ2v) is 5.73. The zero-order chi connectivity index (χ0) is 14.0. The number of pyridine rings is 1. The highest BCUT2D eigenvalue weighted by molar-refractivity contribution is 7.86. The first-order valence-electron chi connectivity index (χ1n) is 5.63. The number of anilines is 1. The number of aromatic nitrogens is 1. The van der Waals surface area contributed by atoms with Gasteiger partial charge < -0.3 is 4.74 Å². The average Bonchev–Trinajstić information content (AvgIpc) is 2.68.